The van der Waals surface area contributed by atoms with E-state index in [1.807, 2.05) is 10.3 Å². The van der Waals surface area contributed by atoms with E-state index < -0.39 is 29.6 Å². The number of benzene rings is 1. The second kappa shape index (κ2) is 12.2. The van der Waals surface area contributed by atoms with Gasteiger partial charge in [-0.1, -0.05) is 18.2 Å². The first kappa shape index (κ1) is 30.3. The van der Waals surface area contributed by atoms with Gasteiger partial charge in [-0.25, -0.2) is 14.2 Å². The van der Waals surface area contributed by atoms with Gasteiger partial charge in [0, 0.05) is 62.1 Å². The number of aryl methyl sites for hydroxylation is 1. The Hall–Kier alpha value is -3.13. The molecule has 2 fully saturated rings. The molecule has 0 amide bonds. The highest BCUT2D eigenvalue weighted by Crippen LogP contribution is 2.35. The van der Waals surface area contributed by atoms with Crippen LogP contribution >= 0.6 is 23.6 Å². The molecule has 0 spiro atoms. The molecule has 1 aromatic carbocycles. The Morgan fingerprint density at radius 1 is 1.29 bits per heavy atom. The number of thiazole rings is 1. The van der Waals surface area contributed by atoms with E-state index in [2.05, 4.69) is 25.4 Å². The van der Waals surface area contributed by atoms with Crippen LogP contribution < -0.4 is 10.6 Å². The summed E-state index contributed by atoms with van der Waals surface area (Å²) in [6.45, 7) is 10.5. The number of fused-ring (bicyclic) bond motifs is 1. The first-order chi connectivity index (χ1) is 20.0. The minimum Gasteiger partial charge on any atom is -0.481 e. The summed E-state index contributed by atoms with van der Waals surface area (Å²) in [6, 6.07) is 4.54. The topological polar surface area (TPSA) is 110 Å². The zero-order valence-electron chi connectivity index (χ0n) is 24.2. The molecule has 10 nitrogen and oxygen atoms in total. The Morgan fingerprint density at radius 3 is 2.76 bits per heavy atom. The summed E-state index contributed by atoms with van der Waals surface area (Å²) < 4.78 is 21.0. The molecule has 4 heterocycles. The van der Waals surface area contributed by atoms with Crippen molar-refractivity contribution in [2.45, 2.75) is 45.9 Å². The van der Waals surface area contributed by atoms with Gasteiger partial charge in [-0.3, -0.25) is 15.0 Å². The Labute approximate surface area is 254 Å². The Bertz CT molecular complexity index is 1380. The van der Waals surface area contributed by atoms with E-state index in [9.17, 15) is 14.7 Å². The number of esters is 1. The van der Waals surface area contributed by atoms with Crippen LogP contribution in [0.2, 0.25) is 0 Å². The molecule has 1 aromatic heterocycles. The largest absolute Gasteiger partial charge is 0.481 e. The van der Waals surface area contributed by atoms with E-state index >= 15 is 4.39 Å². The summed E-state index contributed by atoms with van der Waals surface area (Å²) in [7, 11) is 0. The first-order valence-corrected chi connectivity index (χ1v) is 15.4. The standard InChI is InChI=1S/C29H37FN6O4S2/c1-5-40-26(37)21-20(15-34-10-11-36-18(13-34)14-35(28(36)41)16-29(3,4)27(38)39)32-24(25-31-9-12-42-25)33-23(21)19-8-6-7-17(2)22(19)30/h6-9,12,18,23-24,32-33H,5,10-11,13-16H2,1-4H3,(H,38,39). The number of hydrogen-bond acceptors (Lipinski definition) is 9. The van der Waals surface area contributed by atoms with Gasteiger partial charge < -0.3 is 25.0 Å². The summed E-state index contributed by atoms with van der Waals surface area (Å²) in [6.07, 6.45) is 1.28. The number of carboxylic acid groups (broad SMARTS) is 1. The van der Waals surface area contributed by atoms with Crippen molar-refractivity contribution in [3.63, 3.8) is 0 Å². The van der Waals surface area contributed by atoms with Crippen LogP contribution in [0.3, 0.4) is 0 Å². The number of nitrogens with one attached hydrogen (secondary N) is 2. The third kappa shape index (κ3) is 6.01. The van der Waals surface area contributed by atoms with Crippen LogP contribution in [-0.2, 0) is 14.3 Å². The Kier molecular flexibility index (Phi) is 8.83. The molecule has 226 valence electrons. The number of hydrogen-bond donors (Lipinski definition) is 3. The molecule has 3 aliphatic heterocycles. The lowest BCUT2D eigenvalue weighted by molar-refractivity contribution is -0.147. The van der Waals surface area contributed by atoms with Gasteiger partial charge in [0.2, 0.25) is 0 Å². The summed E-state index contributed by atoms with van der Waals surface area (Å²) in [5.41, 5.74) is 0.954. The van der Waals surface area contributed by atoms with Gasteiger partial charge in [0.1, 0.15) is 17.0 Å². The van der Waals surface area contributed by atoms with Crippen LogP contribution in [0.1, 0.15) is 49.1 Å². The molecule has 3 atom stereocenters. The van der Waals surface area contributed by atoms with E-state index in [-0.39, 0.29) is 18.5 Å². The van der Waals surface area contributed by atoms with E-state index in [0.29, 0.717) is 66.8 Å². The molecule has 2 saturated heterocycles. The van der Waals surface area contributed by atoms with Gasteiger partial charge in [-0.15, -0.1) is 11.3 Å². The molecule has 3 aliphatic rings. The average molecular weight is 617 g/mol. The summed E-state index contributed by atoms with van der Waals surface area (Å²) in [5, 5.41) is 19.9. The van der Waals surface area contributed by atoms with Crippen molar-refractivity contribution in [2.75, 3.05) is 45.9 Å². The first-order valence-electron chi connectivity index (χ1n) is 14.1. The van der Waals surface area contributed by atoms with Crippen molar-refractivity contribution >= 4 is 40.6 Å². The molecule has 0 aliphatic carbocycles. The zero-order valence-corrected chi connectivity index (χ0v) is 25.9. The molecular formula is C29H37FN6O4S2. The summed E-state index contributed by atoms with van der Waals surface area (Å²) in [5.74, 6) is -1.73. The number of ether oxygens (including phenoxy) is 1. The van der Waals surface area contributed by atoms with E-state index in [1.54, 1.807) is 52.1 Å². The Balaban J connectivity index is 1.45. The molecule has 3 N–H and O–H groups in total. The van der Waals surface area contributed by atoms with Crippen LogP contribution in [0, 0.1) is 18.2 Å². The highest BCUT2D eigenvalue weighted by Gasteiger charge is 2.43. The SMILES string of the molecule is CCOC(=O)C1=C(CN2CCN3C(=S)N(CC(C)(C)C(=O)O)CC3C2)NC(c2nccs2)NC1c1cccc(C)c1F. The van der Waals surface area contributed by atoms with Gasteiger partial charge in [0.05, 0.1) is 29.7 Å². The van der Waals surface area contributed by atoms with Crippen molar-refractivity contribution in [1.29, 1.82) is 0 Å². The van der Waals surface area contributed by atoms with Crippen molar-refractivity contribution in [3.8, 4) is 0 Å². The molecule has 42 heavy (non-hydrogen) atoms. The van der Waals surface area contributed by atoms with Crippen molar-refractivity contribution in [1.82, 2.24) is 30.3 Å². The van der Waals surface area contributed by atoms with E-state index in [1.165, 1.54) is 11.3 Å². The molecule has 5 rings (SSSR count). The fourth-order valence-electron chi connectivity index (χ4n) is 5.83. The number of carbonyl (C=O) groups excluding carboxylic acids is 1. The van der Waals surface area contributed by atoms with Crippen LogP contribution in [0.4, 0.5) is 4.39 Å². The number of thiocarbonyl (C=S) groups is 1. The highest BCUT2D eigenvalue weighted by molar-refractivity contribution is 7.80. The van der Waals surface area contributed by atoms with Gasteiger partial charge >= 0.3 is 11.9 Å². The number of carbonyl (C=O) groups is 2. The lowest BCUT2D eigenvalue weighted by Gasteiger charge is -2.40. The molecule has 0 radical (unpaired) electrons. The molecule has 0 bridgehead atoms. The fraction of sp³-hybridized carbons (Fsp3) is 0.517. The number of nitrogens with zero attached hydrogens (tertiary/aromatic N) is 4. The minimum absolute atomic E-state index is 0.0870. The number of piperazine rings is 1. The second-order valence-electron chi connectivity index (χ2n) is 11.6. The summed E-state index contributed by atoms with van der Waals surface area (Å²) in [4.78, 5) is 36.1. The van der Waals surface area contributed by atoms with Gasteiger partial charge in [-0.2, -0.15) is 0 Å². The minimum atomic E-state index is -0.929. The lowest BCUT2D eigenvalue weighted by Crippen LogP contribution is -2.54. The van der Waals surface area contributed by atoms with Crippen LogP contribution in [0.15, 0.2) is 41.0 Å². The summed E-state index contributed by atoms with van der Waals surface area (Å²) >= 11 is 7.21. The van der Waals surface area contributed by atoms with E-state index in [0.717, 1.165) is 5.01 Å². The van der Waals surface area contributed by atoms with Gasteiger partial charge in [0.25, 0.3) is 0 Å². The van der Waals surface area contributed by atoms with Crippen molar-refractivity contribution in [2.24, 2.45) is 5.41 Å². The Morgan fingerprint density at radius 2 is 2.07 bits per heavy atom. The van der Waals surface area contributed by atoms with Gasteiger partial charge in [-0.05, 0) is 45.5 Å². The number of halogens is 1. The lowest BCUT2D eigenvalue weighted by atomic mass is 9.92. The number of aromatic nitrogens is 1. The predicted octanol–water partition coefficient (Wildman–Crippen LogP) is 3.04. The average Bonchev–Trinajstić information content (AvgIpc) is 3.58. The van der Waals surface area contributed by atoms with Crippen molar-refractivity contribution < 1.29 is 23.8 Å². The smallest absolute Gasteiger partial charge is 0.337 e. The molecule has 0 saturated carbocycles. The van der Waals surface area contributed by atoms with Gasteiger partial charge in [0.15, 0.2) is 5.11 Å². The molecule has 2 aromatic rings. The third-order valence-corrected chi connectivity index (χ3v) is 9.39. The molecular weight excluding hydrogens is 579 g/mol. The maximum atomic E-state index is 15.5. The number of aliphatic carboxylic acids is 1. The molecule has 3 unspecified atom stereocenters. The number of rotatable bonds is 9. The quantitative estimate of drug-likeness (QED) is 0.286. The number of carboxylic acids is 1. The molecule has 13 heteroatoms. The van der Waals surface area contributed by atoms with Crippen LogP contribution in [0.5, 0.6) is 0 Å². The van der Waals surface area contributed by atoms with Crippen LogP contribution in [0.25, 0.3) is 0 Å². The monoisotopic (exact) mass is 616 g/mol. The fourth-order valence-corrected chi connectivity index (χ4v) is 6.86. The van der Waals surface area contributed by atoms with Crippen molar-refractivity contribution in [3.05, 3.63) is 63.0 Å². The predicted molar refractivity (Wildman–Crippen MR) is 161 cm³/mol. The zero-order chi connectivity index (χ0) is 30.2. The highest BCUT2D eigenvalue weighted by atomic mass is 32.1. The van der Waals surface area contributed by atoms with Crippen LogP contribution in [-0.4, -0.2) is 93.8 Å². The third-order valence-electron chi connectivity index (χ3n) is 8.05. The second-order valence-corrected chi connectivity index (χ2v) is 12.9. The normalized spacial score (nSPS) is 23.2. The maximum absolute atomic E-state index is 15.5. The maximum Gasteiger partial charge on any atom is 0.337 e. The van der Waals surface area contributed by atoms with E-state index in [4.69, 9.17) is 17.0 Å².